The Morgan fingerprint density at radius 3 is 2.86 bits per heavy atom. The third-order valence-electron chi connectivity index (χ3n) is 5.04. The van der Waals surface area contributed by atoms with Crippen LogP contribution < -0.4 is 0 Å². The molecule has 1 saturated heterocycles. The minimum Gasteiger partial charge on any atom is -0.480 e. The van der Waals surface area contributed by atoms with Gasteiger partial charge in [-0.1, -0.05) is 12.8 Å². The second-order valence-corrected chi connectivity index (χ2v) is 6.75. The van der Waals surface area contributed by atoms with Gasteiger partial charge in [0.25, 0.3) is 0 Å². The number of carboxylic acid groups (broad SMARTS) is 1. The molecule has 1 aromatic rings. The lowest BCUT2D eigenvalue weighted by atomic mass is 9.85. The van der Waals surface area contributed by atoms with Crippen molar-refractivity contribution in [3.05, 3.63) is 18.0 Å². The highest BCUT2D eigenvalue weighted by Gasteiger charge is 2.45. The highest BCUT2D eigenvalue weighted by molar-refractivity contribution is 5.74. The number of hydrogen-bond donors (Lipinski definition) is 1. The number of rotatable bonds is 4. The van der Waals surface area contributed by atoms with Gasteiger partial charge < -0.3 is 5.11 Å². The Morgan fingerprint density at radius 2 is 2.19 bits per heavy atom. The van der Waals surface area contributed by atoms with Crippen molar-refractivity contribution in [1.29, 1.82) is 0 Å². The van der Waals surface area contributed by atoms with Gasteiger partial charge in [-0.25, -0.2) is 0 Å². The first-order valence-corrected chi connectivity index (χ1v) is 8.09. The van der Waals surface area contributed by atoms with Crippen LogP contribution in [0.2, 0.25) is 0 Å². The minimum atomic E-state index is -0.673. The van der Waals surface area contributed by atoms with E-state index in [9.17, 15) is 9.90 Å². The van der Waals surface area contributed by atoms with Crippen LogP contribution in [-0.2, 0) is 11.3 Å². The summed E-state index contributed by atoms with van der Waals surface area (Å²) in [6.45, 7) is 4.87. The molecule has 1 aliphatic heterocycles. The number of carboxylic acids is 1. The maximum absolute atomic E-state index is 11.6. The van der Waals surface area contributed by atoms with Crippen LogP contribution >= 0.6 is 0 Å². The van der Waals surface area contributed by atoms with Crippen LogP contribution in [0.15, 0.2) is 12.3 Å². The van der Waals surface area contributed by atoms with E-state index in [0.29, 0.717) is 24.5 Å². The van der Waals surface area contributed by atoms with Crippen molar-refractivity contribution < 1.29 is 9.90 Å². The molecule has 5 nitrogen and oxygen atoms in total. The Labute approximate surface area is 125 Å². The molecule has 5 heteroatoms. The average molecular weight is 291 g/mol. The number of carbonyl (C=O) groups is 1. The summed E-state index contributed by atoms with van der Waals surface area (Å²) in [5, 5.41) is 14.1. The van der Waals surface area contributed by atoms with Crippen LogP contribution in [0, 0.1) is 5.92 Å². The van der Waals surface area contributed by atoms with Gasteiger partial charge >= 0.3 is 5.97 Å². The van der Waals surface area contributed by atoms with Crippen molar-refractivity contribution in [3.63, 3.8) is 0 Å². The van der Waals surface area contributed by atoms with E-state index in [1.807, 2.05) is 16.9 Å². The first kappa shape index (κ1) is 14.6. The van der Waals surface area contributed by atoms with E-state index in [1.54, 1.807) is 0 Å². The normalized spacial score (nSPS) is 29.8. The molecular formula is C16H25N3O2. The molecule has 0 unspecified atom stereocenters. The highest BCUT2D eigenvalue weighted by atomic mass is 16.4. The molecule has 2 heterocycles. The largest absolute Gasteiger partial charge is 0.480 e. The molecule has 0 spiro atoms. The number of likely N-dealkylation sites (tertiary alicyclic amines) is 1. The zero-order valence-electron chi connectivity index (χ0n) is 12.9. The van der Waals surface area contributed by atoms with E-state index in [1.165, 1.54) is 19.3 Å². The minimum absolute atomic E-state index is 0.331. The number of nitrogens with zero attached hydrogens (tertiary/aromatic N) is 3. The van der Waals surface area contributed by atoms with Crippen LogP contribution in [0.25, 0.3) is 0 Å². The third kappa shape index (κ3) is 2.84. The maximum atomic E-state index is 11.6. The first-order chi connectivity index (χ1) is 10.1. The quantitative estimate of drug-likeness (QED) is 0.926. The summed E-state index contributed by atoms with van der Waals surface area (Å²) >= 11 is 0. The van der Waals surface area contributed by atoms with Crippen molar-refractivity contribution in [2.45, 2.75) is 70.6 Å². The Balaban J connectivity index is 1.78. The van der Waals surface area contributed by atoms with Crippen LogP contribution in [0.5, 0.6) is 0 Å². The fourth-order valence-corrected chi connectivity index (χ4v) is 3.96. The summed E-state index contributed by atoms with van der Waals surface area (Å²) in [6.07, 6.45) is 7.60. The molecule has 3 rings (SSSR count). The summed E-state index contributed by atoms with van der Waals surface area (Å²) in [4.78, 5) is 13.8. The fourth-order valence-electron chi connectivity index (χ4n) is 3.96. The number of hydrogen-bond acceptors (Lipinski definition) is 3. The third-order valence-corrected chi connectivity index (χ3v) is 5.04. The summed E-state index contributed by atoms with van der Waals surface area (Å²) in [5.74, 6) is -0.111. The Kier molecular flexibility index (Phi) is 4.02. The topological polar surface area (TPSA) is 58.4 Å². The number of fused-ring (bicyclic) bond motifs is 1. The van der Waals surface area contributed by atoms with Gasteiger partial charge in [-0.2, -0.15) is 5.10 Å². The van der Waals surface area contributed by atoms with Gasteiger partial charge in [0.05, 0.1) is 5.69 Å². The summed E-state index contributed by atoms with van der Waals surface area (Å²) in [7, 11) is 0. The number of aromatic nitrogens is 2. The lowest BCUT2D eigenvalue weighted by molar-refractivity contribution is -0.142. The van der Waals surface area contributed by atoms with E-state index in [0.717, 1.165) is 18.5 Å². The van der Waals surface area contributed by atoms with Gasteiger partial charge in [0.1, 0.15) is 6.04 Å². The zero-order valence-corrected chi connectivity index (χ0v) is 12.9. The van der Waals surface area contributed by atoms with Gasteiger partial charge in [0, 0.05) is 24.8 Å². The second-order valence-electron chi connectivity index (χ2n) is 6.75. The van der Waals surface area contributed by atoms with Crippen molar-refractivity contribution in [1.82, 2.24) is 14.7 Å². The van der Waals surface area contributed by atoms with Crippen molar-refractivity contribution in [2.24, 2.45) is 5.92 Å². The van der Waals surface area contributed by atoms with Crippen LogP contribution in [-0.4, -0.2) is 37.8 Å². The van der Waals surface area contributed by atoms with Crippen molar-refractivity contribution >= 4 is 5.97 Å². The van der Waals surface area contributed by atoms with E-state index in [-0.39, 0.29) is 6.04 Å². The maximum Gasteiger partial charge on any atom is 0.320 e. The second kappa shape index (κ2) is 5.79. The molecule has 1 saturated carbocycles. The lowest BCUT2D eigenvalue weighted by Gasteiger charge is -2.32. The van der Waals surface area contributed by atoms with Gasteiger partial charge in [-0.05, 0) is 45.1 Å². The molecule has 3 atom stereocenters. The van der Waals surface area contributed by atoms with Crippen LogP contribution in [0.4, 0.5) is 0 Å². The smallest absolute Gasteiger partial charge is 0.320 e. The molecule has 0 amide bonds. The molecule has 1 aliphatic carbocycles. The standard InChI is InChI=1S/C16H25N3O2/c1-11(2)19-8-7-13(17-19)10-18-14-6-4-3-5-12(14)9-15(18)16(20)21/h7-8,11-12,14-15H,3-6,9-10H2,1-2H3,(H,20,21)/t12-,14+,15-/m0/s1. The first-order valence-electron chi connectivity index (χ1n) is 8.09. The lowest BCUT2D eigenvalue weighted by Crippen LogP contribution is -2.41. The number of aliphatic carboxylic acids is 1. The molecule has 2 fully saturated rings. The molecule has 0 bridgehead atoms. The summed E-state index contributed by atoms with van der Waals surface area (Å²) < 4.78 is 1.94. The molecule has 0 radical (unpaired) electrons. The van der Waals surface area contributed by atoms with E-state index in [2.05, 4.69) is 23.8 Å². The summed E-state index contributed by atoms with van der Waals surface area (Å²) in [6, 6.07) is 2.47. The Bertz CT molecular complexity index is 511. The predicted molar refractivity (Wildman–Crippen MR) is 79.9 cm³/mol. The van der Waals surface area contributed by atoms with E-state index < -0.39 is 5.97 Å². The van der Waals surface area contributed by atoms with E-state index >= 15 is 0 Å². The Hall–Kier alpha value is -1.36. The van der Waals surface area contributed by atoms with E-state index in [4.69, 9.17) is 0 Å². The average Bonchev–Trinajstić information content (AvgIpc) is 3.05. The monoisotopic (exact) mass is 291 g/mol. The van der Waals surface area contributed by atoms with Gasteiger partial charge in [0.2, 0.25) is 0 Å². The molecule has 21 heavy (non-hydrogen) atoms. The predicted octanol–water partition coefficient (Wildman–Crippen LogP) is 2.68. The van der Waals surface area contributed by atoms with Crippen LogP contribution in [0.3, 0.4) is 0 Å². The van der Waals surface area contributed by atoms with Gasteiger partial charge in [0.15, 0.2) is 0 Å². The molecular weight excluding hydrogens is 266 g/mol. The van der Waals surface area contributed by atoms with Gasteiger partial charge in [-0.3, -0.25) is 14.4 Å². The van der Waals surface area contributed by atoms with Crippen molar-refractivity contribution in [3.8, 4) is 0 Å². The highest BCUT2D eigenvalue weighted by Crippen LogP contribution is 2.40. The SMILES string of the molecule is CC(C)n1ccc(CN2[C@@H]3CCCC[C@H]3C[C@H]2C(=O)O)n1. The summed E-state index contributed by atoms with van der Waals surface area (Å²) in [5.41, 5.74) is 0.987. The zero-order chi connectivity index (χ0) is 15.0. The Morgan fingerprint density at radius 1 is 1.43 bits per heavy atom. The molecule has 0 aromatic carbocycles. The molecule has 1 N–H and O–H groups in total. The molecule has 2 aliphatic rings. The molecule has 116 valence electrons. The van der Waals surface area contributed by atoms with Crippen LogP contribution in [0.1, 0.15) is 57.7 Å². The van der Waals surface area contributed by atoms with Crippen molar-refractivity contribution in [2.75, 3.05) is 0 Å². The fraction of sp³-hybridized carbons (Fsp3) is 0.750. The van der Waals surface area contributed by atoms with Gasteiger partial charge in [-0.15, -0.1) is 0 Å². The molecule has 1 aromatic heterocycles.